The third-order valence-electron chi connectivity index (χ3n) is 5.96. The molecule has 0 bridgehead atoms. The Morgan fingerprint density at radius 3 is 2.62 bits per heavy atom. The Morgan fingerprint density at radius 2 is 1.88 bits per heavy atom. The topological polar surface area (TPSA) is 42.7 Å². The van der Waals surface area contributed by atoms with Crippen LogP contribution in [0.25, 0.3) is 21.9 Å². The van der Waals surface area contributed by atoms with E-state index >= 15 is 0 Å². The number of carbonyl (C=O) groups excluding carboxylic acids is 1. The number of furan rings is 1. The Balaban J connectivity index is 0.00000133. The van der Waals surface area contributed by atoms with Gasteiger partial charge in [0.2, 0.25) is 5.91 Å². The Bertz CT molecular complexity index is 1330. The summed E-state index contributed by atoms with van der Waals surface area (Å²) in [7, 11) is 0. The van der Waals surface area contributed by atoms with Gasteiger partial charge in [0.25, 0.3) is 0 Å². The minimum atomic E-state index is -2.98. The van der Waals surface area contributed by atoms with Gasteiger partial charge in [-0.3, -0.25) is 4.79 Å². The van der Waals surface area contributed by atoms with Gasteiger partial charge in [-0.15, -0.1) is 0 Å². The smallest absolute Gasteiger partial charge is 0.387 e. The van der Waals surface area contributed by atoms with Gasteiger partial charge in [0, 0.05) is 41.8 Å². The molecule has 1 aliphatic heterocycles. The monoisotopic (exact) mass is 469 g/mol. The lowest BCUT2D eigenvalue weighted by Crippen LogP contribution is -2.25. The maximum Gasteiger partial charge on any atom is 0.387 e. The number of aryl methyl sites for hydroxylation is 1. The standard InChI is InChI=1S/C25H20F3NO3.C2H6/c1-14-6-7-15(19(26)10-14)12-29-13-16(11-22(29)30)17-8-9-21(32-25(27)28)24-23(17)18-4-2-3-5-20(18)31-24;1-2/h2-10,16,25H,11-13H2,1H3;1-2H3. The summed E-state index contributed by atoms with van der Waals surface area (Å²) in [6, 6.07) is 15.4. The Labute approximate surface area is 195 Å². The summed E-state index contributed by atoms with van der Waals surface area (Å²) in [5.74, 6) is -0.639. The molecular weight excluding hydrogens is 443 g/mol. The number of ether oxygens (including phenoxy) is 1. The first-order valence-electron chi connectivity index (χ1n) is 11.3. The molecule has 4 aromatic rings. The number of para-hydroxylation sites is 1. The fourth-order valence-electron chi connectivity index (χ4n) is 4.48. The number of hydrogen-bond acceptors (Lipinski definition) is 3. The van der Waals surface area contributed by atoms with Crippen LogP contribution in [-0.2, 0) is 11.3 Å². The molecule has 0 aliphatic carbocycles. The van der Waals surface area contributed by atoms with Crippen LogP contribution in [0.3, 0.4) is 0 Å². The van der Waals surface area contributed by atoms with Crippen molar-refractivity contribution in [2.75, 3.05) is 6.54 Å². The largest absolute Gasteiger partial charge is 0.452 e. The average Bonchev–Trinajstić information content (AvgIpc) is 3.38. The molecule has 2 heterocycles. The number of nitrogens with zero attached hydrogens (tertiary/aromatic N) is 1. The summed E-state index contributed by atoms with van der Waals surface area (Å²) >= 11 is 0. The summed E-state index contributed by atoms with van der Waals surface area (Å²) in [5, 5.41) is 1.44. The molecule has 1 atom stereocenters. The van der Waals surface area contributed by atoms with Gasteiger partial charge in [-0.25, -0.2) is 4.39 Å². The van der Waals surface area contributed by atoms with E-state index in [4.69, 9.17) is 4.42 Å². The van der Waals surface area contributed by atoms with Crippen molar-refractivity contribution < 1.29 is 27.1 Å². The van der Waals surface area contributed by atoms with Crippen molar-refractivity contribution >= 4 is 27.8 Å². The second kappa shape index (κ2) is 9.79. The van der Waals surface area contributed by atoms with Gasteiger partial charge in [0.1, 0.15) is 11.4 Å². The average molecular weight is 470 g/mol. The predicted molar refractivity (Wildman–Crippen MR) is 126 cm³/mol. The highest BCUT2D eigenvalue weighted by molar-refractivity contribution is 6.09. The Morgan fingerprint density at radius 1 is 1.12 bits per heavy atom. The van der Waals surface area contributed by atoms with Crippen molar-refractivity contribution in [3.63, 3.8) is 0 Å². The number of fused-ring (bicyclic) bond motifs is 3. The lowest BCUT2D eigenvalue weighted by atomic mass is 9.93. The lowest BCUT2D eigenvalue weighted by molar-refractivity contribution is -0.128. The summed E-state index contributed by atoms with van der Waals surface area (Å²) < 4.78 is 50.7. The first-order valence-corrected chi connectivity index (χ1v) is 11.3. The number of amides is 1. The zero-order valence-corrected chi connectivity index (χ0v) is 19.3. The van der Waals surface area contributed by atoms with Crippen LogP contribution in [0.5, 0.6) is 5.75 Å². The summed E-state index contributed by atoms with van der Waals surface area (Å²) in [6.07, 6.45) is 0.247. The molecule has 1 fully saturated rings. The second-order valence-corrected chi connectivity index (χ2v) is 8.10. The van der Waals surface area contributed by atoms with E-state index in [9.17, 15) is 18.0 Å². The highest BCUT2D eigenvalue weighted by Crippen LogP contribution is 2.42. The maximum absolute atomic E-state index is 14.3. The number of halogens is 3. The molecule has 0 saturated carbocycles. The van der Waals surface area contributed by atoms with Crippen molar-refractivity contribution in [1.82, 2.24) is 4.90 Å². The van der Waals surface area contributed by atoms with Crippen molar-refractivity contribution in [1.29, 1.82) is 0 Å². The van der Waals surface area contributed by atoms with Crippen LogP contribution in [0.2, 0.25) is 0 Å². The first-order chi connectivity index (χ1) is 16.4. The molecule has 4 nitrogen and oxygen atoms in total. The van der Waals surface area contributed by atoms with E-state index in [1.807, 2.05) is 39.0 Å². The zero-order valence-electron chi connectivity index (χ0n) is 19.3. The van der Waals surface area contributed by atoms with Crippen molar-refractivity contribution in [3.8, 4) is 5.75 Å². The van der Waals surface area contributed by atoms with Crippen LogP contribution in [0.4, 0.5) is 13.2 Å². The molecular formula is C27H26F3NO3. The molecule has 34 heavy (non-hydrogen) atoms. The maximum atomic E-state index is 14.3. The Hall–Kier alpha value is -3.48. The molecule has 0 spiro atoms. The minimum absolute atomic E-state index is 0.0437. The van der Waals surface area contributed by atoms with Crippen molar-refractivity contribution in [2.24, 2.45) is 0 Å². The third kappa shape index (κ3) is 4.47. The van der Waals surface area contributed by atoms with Gasteiger partial charge in [-0.1, -0.05) is 50.2 Å². The third-order valence-corrected chi connectivity index (χ3v) is 5.96. The molecule has 5 rings (SSSR count). The van der Waals surface area contributed by atoms with Crippen LogP contribution in [-0.4, -0.2) is 24.0 Å². The first kappa shape index (κ1) is 23.7. The number of likely N-dealkylation sites (tertiary alicyclic amines) is 1. The second-order valence-electron chi connectivity index (χ2n) is 8.10. The predicted octanol–water partition coefficient (Wildman–Crippen LogP) is 7.18. The van der Waals surface area contributed by atoms with E-state index in [2.05, 4.69) is 4.74 Å². The molecule has 1 unspecified atom stereocenters. The van der Waals surface area contributed by atoms with E-state index in [-0.39, 0.29) is 41.9 Å². The molecule has 1 aliphatic rings. The molecule has 1 saturated heterocycles. The summed E-state index contributed by atoms with van der Waals surface area (Å²) in [6.45, 7) is 3.41. The normalized spacial score (nSPS) is 15.8. The van der Waals surface area contributed by atoms with Gasteiger partial charge in [0.05, 0.1) is 0 Å². The van der Waals surface area contributed by atoms with Crippen LogP contribution < -0.4 is 4.74 Å². The molecule has 3 aromatic carbocycles. The lowest BCUT2D eigenvalue weighted by Gasteiger charge is -2.18. The van der Waals surface area contributed by atoms with Crippen LogP contribution in [0.1, 0.15) is 42.9 Å². The molecule has 0 N–H and O–H groups in total. The minimum Gasteiger partial charge on any atom is -0.452 e. The number of benzene rings is 3. The number of hydrogen-bond donors (Lipinski definition) is 0. The fraction of sp³-hybridized carbons (Fsp3) is 0.296. The molecule has 7 heteroatoms. The van der Waals surface area contributed by atoms with Gasteiger partial charge in [0.15, 0.2) is 11.3 Å². The van der Waals surface area contributed by atoms with E-state index in [0.29, 0.717) is 23.1 Å². The molecule has 178 valence electrons. The van der Waals surface area contributed by atoms with Gasteiger partial charge in [-0.2, -0.15) is 8.78 Å². The van der Waals surface area contributed by atoms with E-state index < -0.39 is 6.61 Å². The Kier molecular flexibility index (Phi) is 6.82. The summed E-state index contributed by atoms with van der Waals surface area (Å²) in [5.41, 5.74) is 2.89. The zero-order chi connectivity index (χ0) is 24.4. The fourth-order valence-corrected chi connectivity index (χ4v) is 4.48. The van der Waals surface area contributed by atoms with E-state index in [1.54, 1.807) is 29.2 Å². The summed E-state index contributed by atoms with van der Waals surface area (Å²) in [4.78, 5) is 14.4. The van der Waals surface area contributed by atoms with Gasteiger partial charge in [-0.05, 0) is 36.2 Å². The number of alkyl halides is 2. The SMILES string of the molecule is CC.Cc1ccc(CN2CC(c3ccc(OC(F)F)c4oc5ccccc5c34)CC2=O)c(F)c1. The molecule has 1 aromatic heterocycles. The highest BCUT2D eigenvalue weighted by atomic mass is 19.3. The molecule has 1 amide bonds. The number of rotatable bonds is 5. The van der Waals surface area contributed by atoms with Crippen LogP contribution in [0.15, 0.2) is 59.0 Å². The van der Waals surface area contributed by atoms with E-state index in [0.717, 1.165) is 16.5 Å². The van der Waals surface area contributed by atoms with Crippen LogP contribution in [0, 0.1) is 12.7 Å². The van der Waals surface area contributed by atoms with Crippen LogP contribution >= 0.6 is 0 Å². The van der Waals surface area contributed by atoms with E-state index in [1.165, 1.54) is 12.1 Å². The number of carbonyl (C=O) groups is 1. The highest BCUT2D eigenvalue weighted by Gasteiger charge is 2.33. The van der Waals surface area contributed by atoms with Gasteiger partial charge >= 0.3 is 6.61 Å². The van der Waals surface area contributed by atoms with Crippen molar-refractivity contribution in [2.45, 2.75) is 46.3 Å². The quantitative estimate of drug-likeness (QED) is 0.311. The van der Waals surface area contributed by atoms with Gasteiger partial charge < -0.3 is 14.1 Å². The molecule has 0 radical (unpaired) electrons. The van der Waals surface area contributed by atoms with Crippen molar-refractivity contribution in [3.05, 3.63) is 77.1 Å².